The average Bonchev–Trinajstić information content (AvgIpc) is 2.74. The first-order valence-corrected chi connectivity index (χ1v) is 6.17. The Morgan fingerprint density at radius 2 is 2.06 bits per heavy atom. The molecule has 1 aliphatic heterocycles. The number of nitriles is 1. The van der Waals surface area contributed by atoms with Gasteiger partial charge in [0.15, 0.2) is 4.67 Å². The lowest BCUT2D eigenvalue weighted by molar-refractivity contribution is 0.156. The van der Waals surface area contributed by atoms with Gasteiger partial charge in [-0.1, -0.05) is 0 Å². The Bertz CT molecular complexity index is 388. The molecular formula is C11H16BrCl2N3O. The van der Waals surface area contributed by atoms with E-state index in [-0.39, 0.29) is 30.9 Å². The molecule has 4 nitrogen and oxygen atoms in total. The van der Waals surface area contributed by atoms with Crippen LogP contribution in [0.1, 0.15) is 18.2 Å². The molecule has 0 bridgehead atoms. The van der Waals surface area contributed by atoms with Crippen LogP contribution in [0.3, 0.4) is 0 Å². The molecule has 2 rings (SSSR count). The molecule has 1 aromatic rings. The van der Waals surface area contributed by atoms with Gasteiger partial charge in [0.1, 0.15) is 5.76 Å². The number of furan rings is 1. The Labute approximate surface area is 128 Å². The molecule has 1 saturated heterocycles. The first-order chi connectivity index (χ1) is 7.81. The van der Waals surface area contributed by atoms with Crippen molar-refractivity contribution in [2.75, 3.05) is 26.2 Å². The van der Waals surface area contributed by atoms with Gasteiger partial charge in [-0.05, 0) is 28.1 Å². The maximum Gasteiger partial charge on any atom is 0.169 e. The Morgan fingerprint density at radius 1 is 1.39 bits per heavy atom. The summed E-state index contributed by atoms with van der Waals surface area (Å²) in [7, 11) is 0. The lowest BCUT2D eigenvalue weighted by Crippen LogP contribution is -2.45. The maximum absolute atomic E-state index is 8.89. The van der Waals surface area contributed by atoms with Crippen molar-refractivity contribution in [2.45, 2.75) is 12.5 Å². The highest BCUT2D eigenvalue weighted by Crippen LogP contribution is 2.27. The Kier molecular flexibility index (Phi) is 8.66. The molecule has 0 unspecified atom stereocenters. The number of nitrogens with zero attached hydrogens (tertiary/aromatic N) is 2. The molecule has 1 fully saturated rings. The second kappa shape index (κ2) is 8.78. The van der Waals surface area contributed by atoms with E-state index in [1.807, 2.05) is 12.1 Å². The lowest BCUT2D eigenvalue weighted by atomic mass is 10.1. The van der Waals surface area contributed by atoms with Crippen LogP contribution in [0.25, 0.3) is 0 Å². The minimum Gasteiger partial charge on any atom is -0.453 e. The minimum atomic E-state index is 0. The Balaban J connectivity index is 0.00000144. The topological polar surface area (TPSA) is 52.2 Å². The van der Waals surface area contributed by atoms with Crippen molar-refractivity contribution in [3.63, 3.8) is 0 Å². The van der Waals surface area contributed by atoms with Crippen LogP contribution in [0.2, 0.25) is 0 Å². The summed E-state index contributed by atoms with van der Waals surface area (Å²) in [5.74, 6) is 0.871. The van der Waals surface area contributed by atoms with Gasteiger partial charge < -0.3 is 9.73 Å². The number of hydrogen-bond donors (Lipinski definition) is 1. The first-order valence-electron chi connectivity index (χ1n) is 5.38. The standard InChI is InChI=1S/C11H14BrN3O.2ClH/c12-11-2-1-10(16-11)9(3-4-13)15-7-5-14-6-8-15;;/h1-2,9,14H,3,5-8H2;2*1H/t9-;;/m0../s1. The smallest absolute Gasteiger partial charge is 0.169 e. The molecule has 1 aromatic heterocycles. The van der Waals surface area contributed by atoms with E-state index in [2.05, 4.69) is 32.2 Å². The number of nitrogens with one attached hydrogen (secondary N) is 1. The quantitative estimate of drug-likeness (QED) is 0.904. The van der Waals surface area contributed by atoms with E-state index in [0.29, 0.717) is 6.42 Å². The zero-order valence-corrected chi connectivity index (χ0v) is 13.0. The summed E-state index contributed by atoms with van der Waals surface area (Å²) in [5, 5.41) is 12.2. The summed E-state index contributed by atoms with van der Waals surface area (Å²) >= 11 is 3.30. The van der Waals surface area contributed by atoms with E-state index < -0.39 is 0 Å². The van der Waals surface area contributed by atoms with E-state index in [0.717, 1.165) is 36.6 Å². The van der Waals surface area contributed by atoms with Gasteiger partial charge in [-0.3, -0.25) is 4.90 Å². The van der Waals surface area contributed by atoms with E-state index in [1.165, 1.54) is 0 Å². The van der Waals surface area contributed by atoms with Gasteiger partial charge in [-0.15, -0.1) is 24.8 Å². The van der Waals surface area contributed by atoms with E-state index in [9.17, 15) is 0 Å². The van der Waals surface area contributed by atoms with Crippen LogP contribution in [0, 0.1) is 11.3 Å². The molecule has 0 amide bonds. The third kappa shape index (κ3) is 4.45. The molecule has 0 spiro atoms. The molecule has 1 N–H and O–H groups in total. The molecule has 0 aromatic carbocycles. The summed E-state index contributed by atoms with van der Waals surface area (Å²) < 4.78 is 6.28. The van der Waals surface area contributed by atoms with Crippen molar-refractivity contribution < 1.29 is 4.42 Å². The van der Waals surface area contributed by atoms with E-state index in [4.69, 9.17) is 9.68 Å². The molecule has 102 valence electrons. The van der Waals surface area contributed by atoms with Gasteiger partial charge in [0.2, 0.25) is 0 Å². The van der Waals surface area contributed by atoms with Crippen LogP contribution in [0.15, 0.2) is 21.2 Å². The number of hydrogen-bond acceptors (Lipinski definition) is 4. The molecule has 2 heterocycles. The van der Waals surface area contributed by atoms with E-state index in [1.54, 1.807) is 0 Å². The predicted octanol–water partition coefficient (Wildman–Crippen LogP) is 2.75. The number of halogens is 3. The normalized spacial score (nSPS) is 17.1. The fourth-order valence-corrected chi connectivity index (χ4v) is 2.32. The molecule has 7 heteroatoms. The Hall–Kier alpha value is -0.250. The van der Waals surface area contributed by atoms with Crippen molar-refractivity contribution in [1.29, 1.82) is 5.26 Å². The van der Waals surface area contributed by atoms with Crippen molar-refractivity contribution in [3.05, 3.63) is 22.6 Å². The van der Waals surface area contributed by atoms with Gasteiger partial charge in [-0.25, -0.2) is 0 Å². The fourth-order valence-electron chi connectivity index (χ4n) is 2.00. The fraction of sp³-hybridized carbons (Fsp3) is 0.545. The second-order valence-electron chi connectivity index (χ2n) is 3.81. The zero-order valence-electron chi connectivity index (χ0n) is 9.76. The van der Waals surface area contributed by atoms with Crippen molar-refractivity contribution in [2.24, 2.45) is 0 Å². The van der Waals surface area contributed by atoms with Crippen LogP contribution in [0.5, 0.6) is 0 Å². The maximum atomic E-state index is 8.89. The molecule has 1 atom stereocenters. The molecule has 0 aliphatic carbocycles. The Morgan fingerprint density at radius 3 is 2.56 bits per heavy atom. The van der Waals surface area contributed by atoms with Crippen molar-refractivity contribution in [1.82, 2.24) is 10.2 Å². The van der Waals surface area contributed by atoms with E-state index >= 15 is 0 Å². The summed E-state index contributed by atoms with van der Waals surface area (Å²) in [5.41, 5.74) is 0. The molecule has 0 saturated carbocycles. The van der Waals surface area contributed by atoms with Crippen LogP contribution < -0.4 is 5.32 Å². The van der Waals surface area contributed by atoms with Crippen LogP contribution in [0.4, 0.5) is 0 Å². The molecule has 18 heavy (non-hydrogen) atoms. The SMILES string of the molecule is Cl.Cl.N#CC[C@@H](c1ccc(Br)o1)N1CCNCC1. The van der Waals surface area contributed by atoms with Crippen molar-refractivity contribution >= 4 is 40.7 Å². The van der Waals surface area contributed by atoms with Crippen LogP contribution >= 0.6 is 40.7 Å². The van der Waals surface area contributed by atoms with Gasteiger partial charge in [0.05, 0.1) is 18.5 Å². The summed E-state index contributed by atoms with van der Waals surface area (Å²) in [6.45, 7) is 3.88. The van der Waals surface area contributed by atoms with Gasteiger partial charge >= 0.3 is 0 Å². The third-order valence-corrected chi connectivity index (χ3v) is 3.23. The summed E-state index contributed by atoms with van der Waals surface area (Å²) in [6, 6.07) is 6.13. The van der Waals surface area contributed by atoms with Gasteiger partial charge in [0, 0.05) is 26.2 Å². The van der Waals surface area contributed by atoms with Gasteiger partial charge in [-0.2, -0.15) is 5.26 Å². The molecular weight excluding hydrogens is 341 g/mol. The van der Waals surface area contributed by atoms with Crippen LogP contribution in [-0.2, 0) is 0 Å². The average molecular weight is 357 g/mol. The monoisotopic (exact) mass is 355 g/mol. The highest BCUT2D eigenvalue weighted by atomic mass is 79.9. The largest absolute Gasteiger partial charge is 0.453 e. The summed E-state index contributed by atoms with van der Waals surface area (Å²) in [6.07, 6.45) is 0.472. The van der Waals surface area contributed by atoms with Crippen LogP contribution in [-0.4, -0.2) is 31.1 Å². The third-order valence-electron chi connectivity index (χ3n) is 2.80. The predicted molar refractivity (Wildman–Crippen MR) is 78.3 cm³/mol. The number of rotatable bonds is 3. The molecule has 1 aliphatic rings. The number of piperazine rings is 1. The highest BCUT2D eigenvalue weighted by Gasteiger charge is 2.24. The summed E-state index contributed by atoms with van der Waals surface area (Å²) in [4.78, 5) is 2.30. The second-order valence-corrected chi connectivity index (χ2v) is 4.59. The first kappa shape index (κ1) is 17.8. The highest BCUT2D eigenvalue weighted by molar-refractivity contribution is 9.10. The zero-order chi connectivity index (χ0) is 11.4. The molecule has 0 radical (unpaired) electrons. The van der Waals surface area contributed by atoms with Crippen molar-refractivity contribution in [3.8, 4) is 6.07 Å². The minimum absolute atomic E-state index is 0. The lowest BCUT2D eigenvalue weighted by Gasteiger charge is -2.32. The van der Waals surface area contributed by atoms with Gasteiger partial charge in [0.25, 0.3) is 0 Å².